The van der Waals surface area contributed by atoms with Gasteiger partial charge in [-0.25, -0.2) is 9.78 Å². The molecule has 1 heterocycles. The summed E-state index contributed by atoms with van der Waals surface area (Å²) in [6, 6.07) is 2.83. The van der Waals surface area contributed by atoms with Gasteiger partial charge < -0.3 is 10.1 Å². The van der Waals surface area contributed by atoms with Crippen molar-refractivity contribution in [3.63, 3.8) is 0 Å². The zero-order chi connectivity index (χ0) is 15.0. The number of anilines is 1. The van der Waals surface area contributed by atoms with Crippen molar-refractivity contribution in [1.29, 1.82) is 0 Å². The molecule has 0 saturated heterocycles. The third-order valence-electron chi connectivity index (χ3n) is 4.53. The minimum absolute atomic E-state index is 0.0776. The van der Waals surface area contributed by atoms with Crippen LogP contribution in [0.3, 0.4) is 0 Å². The minimum Gasteiger partial charge on any atom is -0.464 e. The number of nitro groups is 1. The highest BCUT2D eigenvalue weighted by Crippen LogP contribution is 2.45. The molecule has 0 amide bonds. The van der Waals surface area contributed by atoms with Gasteiger partial charge in [0.2, 0.25) is 5.82 Å². The average molecular weight is 291 g/mol. The first-order valence-corrected chi connectivity index (χ1v) is 7.08. The van der Waals surface area contributed by atoms with Crippen molar-refractivity contribution in [1.82, 2.24) is 4.98 Å². The predicted octanol–water partition coefficient (Wildman–Crippen LogP) is 2.38. The van der Waals surface area contributed by atoms with E-state index in [4.69, 9.17) is 0 Å². The number of aromatic nitrogens is 1. The molecule has 2 aliphatic carbocycles. The van der Waals surface area contributed by atoms with Crippen molar-refractivity contribution in [3.05, 3.63) is 27.9 Å². The summed E-state index contributed by atoms with van der Waals surface area (Å²) < 4.78 is 4.61. The van der Waals surface area contributed by atoms with Crippen LogP contribution in [0.5, 0.6) is 0 Å². The summed E-state index contributed by atoms with van der Waals surface area (Å²) >= 11 is 0. The summed E-state index contributed by atoms with van der Waals surface area (Å²) in [6.07, 6.45) is 4.61. The number of hydrogen-bond acceptors (Lipinski definition) is 6. The molecule has 112 valence electrons. The molecule has 21 heavy (non-hydrogen) atoms. The largest absolute Gasteiger partial charge is 0.464 e. The second-order valence-corrected chi connectivity index (χ2v) is 5.74. The summed E-state index contributed by atoms with van der Waals surface area (Å²) in [5, 5.41) is 14.3. The fourth-order valence-corrected chi connectivity index (χ4v) is 3.52. The van der Waals surface area contributed by atoms with E-state index in [1.165, 1.54) is 32.1 Å². The van der Waals surface area contributed by atoms with Gasteiger partial charge in [-0.3, -0.25) is 10.1 Å². The molecule has 1 N–H and O–H groups in total. The minimum atomic E-state index is -0.596. The van der Waals surface area contributed by atoms with Crippen LogP contribution in [0.15, 0.2) is 12.1 Å². The van der Waals surface area contributed by atoms with E-state index in [0.29, 0.717) is 5.92 Å². The van der Waals surface area contributed by atoms with Crippen LogP contribution < -0.4 is 5.32 Å². The van der Waals surface area contributed by atoms with Gasteiger partial charge in [0.05, 0.1) is 12.0 Å². The van der Waals surface area contributed by atoms with Crippen LogP contribution in [-0.2, 0) is 4.74 Å². The van der Waals surface area contributed by atoms with Crippen molar-refractivity contribution >= 4 is 17.5 Å². The highest BCUT2D eigenvalue weighted by atomic mass is 16.6. The highest BCUT2D eigenvalue weighted by molar-refractivity contribution is 5.88. The van der Waals surface area contributed by atoms with Crippen molar-refractivity contribution in [3.8, 4) is 0 Å². The van der Waals surface area contributed by atoms with Gasteiger partial charge in [0.25, 0.3) is 0 Å². The highest BCUT2D eigenvalue weighted by Gasteiger charge is 2.40. The van der Waals surface area contributed by atoms with E-state index in [1.807, 2.05) is 0 Å². The number of carbonyl (C=O) groups is 1. The molecule has 0 aromatic carbocycles. The lowest BCUT2D eigenvalue weighted by atomic mass is 9.95. The van der Waals surface area contributed by atoms with Crippen molar-refractivity contribution in [2.45, 2.75) is 31.7 Å². The monoisotopic (exact) mass is 291 g/mol. The Labute approximate surface area is 121 Å². The van der Waals surface area contributed by atoms with E-state index < -0.39 is 10.9 Å². The van der Waals surface area contributed by atoms with Crippen molar-refractivity contribution in [2.24, 2.45) is 11.8 Å². The lowest BCUT2D eigenvalue weighted by molar-refractivity contribution is -0.384. The van der Waals surface area contributed by atoms with E-state index in [9.17, 15) is 14.9 Å². The molecule has 7 nitrogen and oxygen atoms in total. The van der Waals surface area contributed by atoms with Gasteiger partial charge in [-0.05, 0) is 37.2 Å². The first-order chi connectivity index (χ1) is 10.1. The maximum atomic E-state index is 11.5. The molecule has 3 rings (SSSR count). The molecule has 0 aliphatic heterocycles. The molecule has 1 aromatic heterocycles. The number of hydrogen-bond donors (Lipinski definition) is 1. The fraction of sp³-hybridized carbons (Fsp3) is 0.571. The Morgan fingerprint density at radius 3 is 2.81 bits per heavy atom. The summed E-state index contributed by atoms with van der Waals surface area (Å²) in [5.74, 6) is 0.842. The number of ether oxygens (including phenoxy) is 1. The van der Waals surface area contributed by atoms with Crippen molar-refractivity contribution in [2.75, 3.05) is 12.4 Å². The first kappa shape index (κ1) is 13.8. The zero-order valence-corrected chi connectivity index (χ0v) is 11.7. The number of rotatable bonds is 4. The molecule has 2 saturated carbocycles. The Kier molecular flexibility index (Phi) is 3.48. The number of fused-ring (bicyclic) bond motifs is 2. The van der Waals surface area contributed by atoms with E-state index in [-0.39, 0.29) is 23.2 Å². The number of nitrogens with one attached hydrogen (secondary N) is 1. The smallest absolute Gasteiger partial charge is 0.356 e. The molecule has 3 unspecified atom stereocenters. The molecule has 3 atom stereocenters. The van der Waals surface area contributed by atoms with Crippen LogP contribution in [0.4, 0.5) is 11.5 Å². The molecule has 2 bridgehead atoms. The summed E-state index contributed by atoms with van der Waals surface area (Å²) in [7, 11) is 1.26. The van der Waals surface area contributed by atoms with Crippen LogP contribution in [0.25, 0.3) is 0 Å². The van der Waals surface area contributed by atoms with Gasteiger partial charge in [0.15, 0.2) is 5.69 Å². The Hall–Kier alpha value is -2.18. The Morgan fingerprint density at radius 1 is 1.43 bits per heavy atom. The van der Waals surface area contributed by atoms with Gasteiger partial charge >= 0.3 is 11.7 Å². The normalized spacial score (nSPS) is 26.6. The van der Waals surface area contributed by atoms with E-state index in [1.54, 1.807) is 0 Å². The SMILES string of the molecule is COC(=O)c1ccc([N+](=O)[O-])c(NC2CC3CCC2C3)n1. The van der Waals surface area contributed by atoms with Crippen molar-refractivity contribution < 1.29 is 14.5 Å². The van der Waals surface area contributed by atoms with Gasteiger partial charge in [0, 0.05) is 12.1 Å². The van der Waals surface area contributed by atoms with Gasteiger partial charge in [-0.15, -0.1) is 0 Å². The molecule has 2 aliphatic rings. The standard InChI is InChI=1S/C14H17N3O4/c1-21-14(18)10-4-5-12(17(19)20)13(15-10)16-11-7-8-2-3-9(11)6-8/h4-5,8-9,11H,2-3,6-7H2,1H3,(H,15,16). The van der Waals surface area contributed by atoms with Crippen LogP contribution in [-0.4, -0.2) is 29.0 Å². The summed E-state index contributed by atoms with van der Waals surface area (Å²) in [5.41, 5.74) is -0.0285. The maximum Gasteiger partial charge on any atom is 0.356 e. The van der Waals surface area contributed by atoms with Crippen LogP contribution in [0.1, 0.15) is 36.2 Å². The van der Waals surface area contributed by atoms with Crippen LogP contribution >= 0.6 is 0 Å². The van der Waals surface area contributed by atoms with Gasteiger partial charge in [-0.2, -0.15) is 0 Å². The number of nitrogens with zero attached hydrogens (tertiary/aromatic N) is 2. The lowest BCUT2D eigenvalue weighted by Gasteiger charge is -2.23. The number of pyridine rings is 1. The summed E-state index contributed by atoms with van der Waals surface area (Å²) in [6.45, 7) is 0. The molecule has 7 heteroatoms. The molecule has 0 spiro atoms. The average Bonchev–Trinajstić information content (AvgIpc) is 3.08. The zero-order valence-electron chi connectivity index (χ0n) is 11.7. The molecular formula is C14H17N3O4. The van der Waals surface area contributed by atoms with Gasteiger partial charge in [-0.1, -0.05) is 6.42 Å². The fourth-order valence-electron chi connectivity index (χ4n) is 3.52. The van der Waals surface area contributed by atoms with E-state index in [0.717, 1.165) is 18.8 Å². The number of methoxy groups -OCH3 is 1. The van der Waals surface area contributed by atoms with E-state index >= 15 is 0 Å². The number of carbonyl (C=O) groups excluding carboxylic acids is 1. The van der Waals surface area contributed by atoms with E-state index in [2.05, 4.69) is 15.0 Å². The second kappa shape index (κ2) is 5.31. The first-order valence-electron chi connectivity index (χ1n) is 7.08. The molecular weight excluding hydrogens is 274 g/mol. The lowest BCUT2D eigenvalue weighted by Crippen LogP contribution is -2.27. The topological polar surface area (TPSA) is 94.4 Å². The molecule has 0 radical (unpaired) electrons. The Morgan fingerprint density at radius 2 is 2.24 bits per heavy atom. The number of esters is 1. The Balaban J connectivity index is 1.87. The summed E-state index contributed by atoms with van der Waals surface area (Å²) in [4.78, 5) is 26.2. The third-order valence-corrected chi connectivity index (χ3v) is 4.53. The Bertz CT molecular complexity index is 590. The predicted molar refractivity (Wildman–Crippen MR) is 75.1 cm³/mol. The third kappa shape index (κ3) is 2.55. The second-order valence-electron chi connectivity index (χ2n) is 5.74. The quantitative estimate of drug-likeness (QED) is 0.520. The molecule has 2 fully saturated rings. The molecule has 1 aromatic rings. The van der Waals surface area contributed by atoms with Crippen LogP contribution in [0, 0.1) is 22.0 Å². The van der Waals surface area contributed by atoms with Crippen LogP contribution in [0.2, 0.25) is 0 Å². The van der Waals surface area contributed by atoms with Gasteiger partial charge in [0.1, 0.15) is 0 Å². The maximum absolute atomic E-state index is 11.5.